The number of ether oxygens (including phenoxy) is 3. The SMILES string of the molecule is Cc1cnc(N[C@H]2CC[C@H](N[C@H](C)COCc3nnn([C@@H](OC(=O)C(C)(C)C)C(C)C)n3)CC2)cc1-c1cccc(NCC2(C#N)CCOCC2)n1. The molecule has 1 saturated heterocycles. The molecule has 3 aromatic rings. The predicted octanol–water partition coefficient (Wildman–Crippen LogP) is 5.83. The summed E-state index contributed by atoms with van der Waals surface area (Å²) in [4.78, 5) is 23.4. The van der Waals surface area contributed by atoms with Gasteiger partial charge in [0.2, 0.25) is 12.1 Å². The number of nitriles is 1. The van der Waals surface area contributed by atoms with E-state index >= 15 is 0 Å². The molecule has 282 valence electrons. The van der Waals surface area contributed by atoms with Gasteiger partial charge in [-0.25, -0.2) is 9.97 Å². The maximum Gasteiger partial charge on any atom is 0.313 e. The lowest BCUT2D eigenvalue weighted by Gasteiger charge is -2.32. The highest BCUT2D eigenvalue weighted by Gasteiger charge is 2.33. The molecule has 0 amide bonds. The van der Waals surface area contributed by atoms with Gasteiger partial charge in [0.15, 0.2) is 0 Å². The quantitative estimate of drug-likeness (QED) is 0.160. The van der Waals surface area contributed by atoms with E-state index in [-0.39, 0.29) is 24.5 Å². The Hall–Kier alpha value is -4.19. The van der Waals surface area contributed by atoms with Crippen molar-refractivity contribution in [3.8, 4) is 17.3 Å². The minimum atomic E-state index is -0.634. The van der Waals surface area contributed by atoms with E-state index in [0.717, 1.165) is 67.0 Å². The molecule has 52 heavy (non-hydrogen) atoms. The molecular formula is C38H56N10O4. The number of carbonyl (C=O) groups is 1. The fraction of sp³-hybridized carbons (Fsp3) is 0.658. The van der Waals surface area contributed by atoms with Gasteiger partial charge in [0.25, 0.3) is 0 Å². The third-order valence-electron chi connectivity index (χ3n) is 9.73. The summed E-state index contributed by atoms with van der Waals surface area (Å²) in [6, 6.07) is 11.5. The monoisotopic (exact) mass is 716 g/mol. The van der Waals surface area contributed by atoms with E-state index in [4.69, 9.17) is 24.2 Å². The van der Waals surface area contributed by atoms with Gasteiger partial charge in [-0.2, -0.15) is 5.26 Å². The molecular weight excluding hydrogens is 660 g/mol. The average molecular weight is 717 g/mol. The first-order valence-electron chi connectivity index (χ1n) is 18.6. The molecule has 14 heteroatoms. The van der Waals surface area contributed by atoms with Crippen LogP contribution in [0.5, 0.6) is 0 Å². The summed E-state index contributed by atoms with van der Waals surface area (Å²) in [5.41, 5.74) is 1.91. The molecule has 1 aliphatic heterocycles. The first-order chi connectivity index (χ1) is 24.8. The van der Waals surface area contributed by atoms with Crippen LogP contribution in [0, 0.1) is 35.0 Å². The van der Waals surface area contributed by atoms with Crippen molar-refractivity contribution in [2.24, 2.45) is 16.7 Å². The summed E-state index contributed by atoms with van der Waals surface area (Å²) >= 11 is 0. The van der Waals surface area contributed by atoms with Crippen LogP contribution in [0.4, 0.5) is 11.6 Å². The van der Waals surface area contributed by atoms with Crippen molar-refractivity contribution in [1.82, 2.24) is 35.5 Å². The van der Waals surface area contributed by atoms with E-state index in [1.165, 1.54) is 4.80 Å². The molecule has 0 radical (unpaired) electrons. The molecule has 5 rings (SSSR count). The first kappa shape index (κ1) is 39.0. The standard InChI is InChI=1S/C38H56N10O4/c1-25(2)35(52-36(49)37(5,6)7)48-46-34(45-47-48)22-51-21-27(4)42-28-11-13-29(14-12-28)43-33-19-30(26(3)20-40-33)31-9-8-10-32(44-31)41-24-38(23-39)15-17-50-18-16-38/h8-10,19-20,25,27-29,35,42H,11-18,21-22,24H2,1-7H3,(H,40,43)(H,41,44)/t27-,28-,29-,35+/m1/s1. The van der Waals surface area contributed by atoms with Crippen LogP contribution < -0.4 is 16.0 Å². The van der Waals surface area contributed by atoms with Gasteiger partial charge in [-0.1, -0.05) is 19.9 Å². The van der Waals surface area contributed by atoms with Gasteiger partial charge in [0.05, 0.1) is 29.2 Å². The number of tetrazole rings is 1. The van der Waals surface area contributed by atoms with Gasteiger partial charge in [-0.05, 0) is 102 Å². The molecule has 4 heterocycles. The Morgan fingerprint density at radius 2 is 1.85 bits per heavy atom. The van der Waals surface area contributed by atoms with E-state index < -0.39 is 17.1 Å². The molecule has 0 aromatic carbocycles. The number of aromatic nitrogens is 6. The lowest BCUT2D eigenvalue weighted by Crippen LogP contribution is -2.43. The molecule has 1 aliphatic carbocycles. The van der Waals surface area contributed by atoms with E-state index in [1.54, 1.807) is 0 Å². The predicted molar refractivity (Wildman–Crippen MR) is 198 cm³/mol. The number of aryl methyl sites for hydroxylation is 1. The van der Waals surface area contributed by atoms with Crippen LogP contribution in [-0.4, -0.2) is 80.6 Å². The smallest absolute Gasteiger partial charge is 0.313 e. The van der Waals surface area contributed by atoms with Gasteiger partial charge in [-0.15, -0.1) is 15.0 Å². The molecule has 3 aromatic heterocycles. The highest BCUT2D eigenvalue weighted by atomic mass is 16.6. The maximum atomic E-state index is 12.5. The zero-order chi connectivity index (χ0) is 37.3. The number of hydrogen-bond acceptors (Lipinski definition) is 13. The molecule has 0 bridgehead atoms. The third kappa shape index (κ3) is 10.7. The molecule has 2 atom stereocenters. The number of hydrogen-bond donors (Lipinski definition) is 3. The van der Waals surface area contributed by atoms with Gasteiger partial charge in [-0.3, -0.25) is 4.79 Å². The number of nitrogens with one attached hydrogen (secondary N) is 3. The topological polar surface area (TPSA) is 174 Å². The fourth-order valence-corrected chi connectivity index (χ4v) is 6.46. The van der Waals surface area contributed by atoms with Gasteiger partial charge < -0.3 is 30.2 Å². The largest absolute Gasteiger partial charge is 0.437 e. The van der Waals surface area contributed by atoms with Crippen molar-refractivity contribution in [2.45, 2.75) is 118 Å². The summed E-state index contributed by atoms with van der Waals surface area (Å²) in [5, 5.41) is 33.3. The van der Waals surface area contributed by atoms with Crippen molar-refractivity contribution < 1.29 is 19.0 Å². The summed E-state index contributed by atoms with van der Waals surface area (Å²) in [7, 11) is 0. The van der Waals surface area contributed by atoms with Crippen LogP contribution in [0.1, 0.15) is 97.7 Å². The van der Waals surface area contributed by atoms with Gasteiger partial charge >= 0.3 is 5.97 Å². The molecule has 14 nitrogen and oxygen atoms in total. The minimum Gasteiger partial charge on any atom is -0.437 e. The Bertz CT molecular complexity index is 1650. The fourth-order valence-electron chi connectivity index (χ4n) is 6.46. The number of rotatable bonds is 15. The number of esters is 1. The Morgan fingerprint density at radius 1 is 1.12 bits per heavy atom. The second-order valence-corrected chi connectivity index (χ2v) is 15.7. The number of pyridine rings is 2. The van der Waals surface area contributed by atoms with Gasteiger partial charge in [0.1, 0.15) is 18.2 Å². The van der Waals surface area contributed by atoms with E-state index in [0.29, 0.717) is 44.3 Å². The molecule has 1 saturated carbocycles. The second-order valence-electron chi connectivity index (χ2n) is 15.7. The van der Waals surface area contributed by atoms with Crippen molar-refractivity contribution in [2.75, 3.05) is 37.0 Å². The molecule has 2 aliphatic rings. The summed E-state index contributed by atoms with van der Waals surface area (Å²) in [6.45, 7) is 16.0. The van der Waals surface area contributed by atoms with Gasteiger partial charge in [0, 0.05) is 55.6 Å². The molecule has 0 unspecified atom stereocenters. The van der Waals surface area contributed by atoms with Crippen molar-refractivity contribution in [1.29, 1.82) is 5.26 Å². The Balaban J connectivity index is 1.05. The minimum absolute atomic E-state index is 0.0229. The first-order valence-corrected chi connectivity index (χ1v) is 18.6. The Morgan fingerprint density at radius 3 is 2.54 bits per heavy atom. The second kappa shape index (κ2) is 17.6. The molecule has 2 fully saturated rings. The number of carbonyl (C=O) groups excluding carboxylic acids is 1. The highest BCUT2D eigenvalue weighted by Crippen LogP contribution is 2.31. The lowest BCUT2D eigenvalue weighted by molar-refractivity contribution is -0.169. The maximum absolute atomic E-state index is 12.5. The van der Waals surface area contributed by atoms with Crippen molar-refractivity contribution in [3.05, 3.63) is 41.9 Å². The van der Waals surface area contributed by atoms with E-state index in [1.807, 2.05) is 59.0 Å². The highest BCUT2D eigenvalue weighted by molar-refractivity contribution is 5.75. The van der Waals surface area contributed by atoms with Crippen LogP contribution in [0.3, 0.4) is 0 Å². The summed E-state index contributed by atoms with van der Waals surface area (Å²) in [5.74, 6) is 1.72. The van der Waals surface area contributed by atoms with Crippen LogP contribution in [-0.2, 0) is 25.6 Å². The van der Waals surface area contributed by atoms with Crippen LogP contribution in [0.15, 0.2) is 30.5 Å². The van der Waals surface area contributed by atoms with Crippen molar-refractivity contribution >= 4 is 17.6 Å². The van der Waals surface area contributed by atoms with Crippen LogP contribution in [0.25, 0.3) is 11.3 Å². The Labute approximate surface area is 307 Å². The van der Waals surface area contributed by atoms with Crippen LogP contribution >= 0.6 is 0 Å². The number of anilines is 2. The molecule has 0 spiro atoms. The number of nitrogens with zero attached hydrogens (tertiary/aromatic N) is 7. The average Bonchev–Trinajstić information content (AvgIpc) is 3.59. The summed E-state index contributed by atoms with van der Waals surface area (Å²) < 4.78 is 17.1. The summed E-state index contributed by atoms with van der Waals surface area (Å²) in [6.07, 6.45) is 6.88. The Kier molecular flexibility index (Phi) is 13.2. The zero-order valence-electron chi connectivity index (χ0n) is 31.8. The van der Waals surface area contributed by atoms with E-state index in [9.17, 15) is 10.1 Å². The lowest BCUT2D eigenvalue weighted by atomic mass is 9.82. The third-order valence-corrected chi connectivity index (χ3v) is 9.73. The normalized spacial score (nSPS) is 20.1. The molecule has 3 N–H and O–H groups in total. The van der Waals surface area contributed by atoms with E-state index in [2.05, 4.69) is 57.3 Å². The van der Waals surface area contributed by atoms with Crippen LogP contribution in [0.2, 0.25) is 0 Å². The van der Waals surface area contributed by atoms with Crippen molar-refractivity contribution in [3.63, 3.8) is 0 Å². The zero-order valence-corrected chi connectivity index (χ0v) is 31.8.